The number of amides is 3. The number of carbonyl (C=O) groups is 4. The van der Waals surface area contributed by atoms with Gasteiger partial charge in [0.15, 0.2) is 0 Å². The summed E-state index contributed by atoms with van der Waals surface area (Å²) in [6, 6.07) is 21.4. The number of piperidine rings is 1. The number of thioether (sulfide) groups is 1. The number of aliphatic carboxylic acids is 1. The van der Waals surface area contributed by atoms with Crippen LogP contribution in [0.3, 0.4) is 0 Å². The molecule has 5 rings (SSSR count). The van der Waals surface area contributed by atoms with E-state index in [1.165, 1.54) is 18.3 Å². The Morgan fingerprint density at radius 2 is 1.43 bits per heavy atom. The van der Waals surface area contributed by atoms with Gasteiger partial charge in [-0.25, -0.2) is 0 Å². The predicted octanol–water partition coefficient (Wildman–Crippen LogP) is 9.95. The number of pyridine rings is 1. The van der Waals surface area contributed by atoms with Gasteiger partial charge in [-0.3, -0.25) is 24.2 Å². The van der Waals surface area contributed by atoms with Crippen molar-refractivity contribution in [3.8, 4) is 11.3 Å². The monoisotopic (exact) mass is 1020 g/mol. The third kappa shape index (κ3) is 19.8. The van der Waals surface area contributed by atoms with Gasteiger partial charge in [-0.05, 0) is 118 Å². The van der Waals surface area contributed by atoms with Crippen molar-refractivity contribution >= 4 is 46.8 Å². The summed E-state index contributed by atoms with van der Waals surface area (Å²) in [5.74, 6) is -1.10. The molecule has 0 saturated carbocycles. The Kier molecular flexibility index (Phi) is 22.8. The van der Waals surface area contributed by atoms with Gasteiger partial charge in [0.2, 0.25) is 5.91 Å². The molecule has 2 heterocycles. The number of alkyl halides is 3. The first-order chi connectivity index (χ1) is 34.4. The number of aromatic nitrogens is 1. The van der Waals surface area contributed by atoms with Crippen molar-refractivity contribution in [3.05, 3.63) is 113 Å². The van der Waals surface area contributed by atoms with Gasteiger partial charge in [-0.2, -0.15) is 24.9 Å². The summed E-state index contributed by atoms with van der Waals surface area (Å²) in [6.07, 6.45) is 2.78. The number of nitrogens with zero attached hydrogens (tertiary/aromatic N) is 2. The number of ether oxygens (including phenoxy) is 4. The van der Waals surface area contributed by atoms with Crippen molar-refractivity contribution in [1.29, 1.82) is 0 Å². The second kappa shape index (κ2) is 28.6. The van der Waals surface area contributed by atoms with Gasteiger partial charge >= 0.3 is 12.1 Å². The van der Waals surface area contributed by atoms with Crippen LogP contribution in [0.25, 0.3) is 11.3 Å². The molecular weight excluding hydrogens is 952 g/mol. The van der Waals surface area contributed by atoms with E-state index in [2.05, 4.69) is 39.7 Å². The number of hydrogen-bond donors (Lipinski definition) is 4. The van der Waals surface area contributed by atoms with Crippen molar-refractivity contribution in [1.82, 2.24) is 15.6 Å². The molecule has 72 heavy (non-hydrogen) atoms. The van der Waals surface area contributed by atoms with Crippen LogP contribution in [0, 0.1) is 0 Å². The van der Waals surface area contributed by atoms with Crippen LogP contribution in [0.1, 0.15) is 116 Å². The first-order valence-electron chi connectivity index (χ1n) is 24.6. The number of benzene rings is 3. The summed E-state index contributed by atoms with van der Waals surface area (Å²) in [7, 11) is 0. The van der Waals surface area contributed by atoms with Gasteiger partial charge in [0, 0.05) is 78.3 Å². The first-order valence-corrected chi connectivity index (χ1v) is 25.6. The average Bonchev–Trinajstić information content (AvgIpc) is 3.37. The summed E-state index contributed by atoms with van der Waals surface area (Å²) in [4.78, 5) is 57.3. The molecule has 1 aromatic heterocycles. The molecular formula is C54H70F3N5O9S. The molecule has 1 aliphatic heterocycles. The topological polar surface area (TPSA) is 178 Å². The number of carboxylic acid groups (broad SMARTS) is 1. The minimum Gasteiger partial charge on any atom is -0.481 e. The molecule has 1 aliphatic rings. The molecule has 18 heteroatoms. The summed E-state index contributed by atoms with van der Waals surface area (Å²) < 4.78 is 62.2. The third-order valence-corrected chi connectivity index (χ3v) is 14.0. The largest absolute Gasteiger partial charge is 0.481 e. The summed E-state index contributed by atoms with van der Waals surface area (Å²) in [6.45, 7) is 12.8. The number of halogens is 3. The van der Waals surface area contributed by atoms with Gasteiger partial charge in [0.1, 0.15) is 0 Å². The van der Waals surface area contributed by atoms with Crippen molar-refractivity contribution in [3.63, 3.8) is 0 Å². The fraction of sp³-hybridized carbons (Fsp3) is 0.500. The Morgan fingerprint density at radius 3 is 2.15 bits per heavy atom. The van der Waals surface area contributed by atoms with Gasteiger partial charge in [-0.1, -0.05) is 38.1 Å². The lowest BCUT2D eigenvalue weighted by molar-refractivity contribution is -0.139. The SMILES string of the molecule is CCC(C)(CCOC(C)(C)CCC(=O)NCCOCCOCCOCCC(=O)O)SCc1cccc(C(=O)Nc2ccc(N3CCCCC3)cc2-c2cc(C(=O)NCc3cccc(C(F)(F)F)c3)ccn2)c1. The van der Waals surface area contributed by atoms with E-state index in [0.29, 0.717) is 92.9 Å². The van der Waals surface area contributed by atoms with E-state index < -0.39 is 29.2 Å². The van der Waals surface area contributed by atoms with Crippen LogP contribution in [0.15, 0.2) is 85.1 Å². The van der Waals surface area contributed by atoms with Crippen LogP contribution >= 0.6 is 11.8 Å². The maximum absolute atomic E-state index is 14.0. The molecule has 0 aliphatic carbocycles. The highest BCUT2D eigenvalue weighted by atomic mass is 32.2. The average molecular weight is 1020 g/mol. The van der Waals surface area contributed by atoms with E-state index in [4.69, 9.17) is 24.1 Å². The van der Waals surface area contributed by atoms with Crippen LogP contribution in [-0.2, 0) is 47.0 Å². The van der Waals surface area contributed by atoms with Crippen LogP contribution in [-0.4, -0.2) is 110 Å². The fourth-order valence-electron chi connectivity index (χ4n) is 7.75. The highest BCUT2D eigenvalue weighted by Crippen LogP contribution is 2.37. The molecule has 1 saturated heterocycles. The minimum absolute atomic E-state index is 0.0416. The Hall–Kier alpha value is -5.53. The highest BCUT2D eigenvalue weighted by Gasteiger charge is 2.30. The molecule has 3 amide bonds. The third-order valence-electron chi connectivity index (χ3n) is 12.4. The van der Waals surface area contributed by atoms with E-state index in [0.717, 1.165) is 68.6 Å². The molecule has 1 fully saturated rings. The lowest BCUT2D eigenvalue weighted by Gasteiger charge is -2.31. The fourth-order valence-corrected chi connectivity index (χ4v) is 8.88. The molecule has 392 valence electrons. The van der Waals surface area contributed by atoms with Crippen molar-refractivity contribution in [2.24, 2.45) is 0 Å². The number of nitrogens with one attached hydrogen (secondary N) is 3. The van der Waals surface area contributed by atoms with Gasteiger partial charge < -0.3 is 44.9 Å². The molecule has 0 spiro atoms. The molecule has 14 nitrogen and oxygen atoms in total. The molecule has 4 aromatic rings. The zero-order valence-corrected chi connectivity index (χ0v) is 42.7. The predicted molar refractivity (Wildman–Crippen MR) is 274 cm³/mol. The van der Waals surface area contributed by atoms with E-state index in [1.54, 1.807) is 30.0 Å². The van der Waals surface area contributed by atoms with Crippen LogP contribution in [0.2, 0.25) is 0 Å². The lowest BCUT2D eigenvalue weighted by atomic mass is 10.0. The Balaban J connectivity index is 1.11. The number of rotatable bonds is 30. The van der Waals surface area contributed by atoms with Crippen LogP contribution in [0.4, 0.5) is 24.5 Å². The van der Waals surface area contributed by atoms with E-state index in [9.17, 15) is 32.3 Å². The molecule has 0 radical (unpaired) electrons. The maximum Gasteiger partial charge on any atom is 0.416 e. The lowest BCUT2D eigenvalue weighted by Crippen LogP contribution is -2.32. The van der Waals surface area contributed by atoms with Gasteiger partial charge in [0.25, 0.3) is 11.8 Å². The number of carbonyl (C=O) groups excluding carboxylic acids is 3. The molecule has 0 bridgehead atoms. The Morgan fingerprint density at radius 1 is 0.736 bits per heavy atom. The molecule has 1 atom stereocenters. The van der Waals surface area contributed by atoms with Crippen molar-refractivity contribution in [2.45, 2.75) is 108 Å². The zero-order valence-electron chi connectivity index (χ0n) is 41.9. The highest BCUT2D eigenvalue weighted by molar-refractivity contribution is 7.99. The first kappa shape index (κ1) is 57.4. The quantitative estimate of drug-likeness (QED) is 0.0364. The minimum atomic E-state index is -4.50. The van der Waals surface area contributed by atoms with Gasteiger partial charge in [0.05, 0.1) is 68.6 Å². The summed E-state index contributed by atoms with van der Waals surface area (Å²) in [5, 5.41) is 17.3. The smallest absolute Gasteiger partial charge is 0.416 e. The van der Waals surface area contributed by atoms with Crippen LogP contribution < -0.4 is 20.9 Å². The van der Waals surface area contributed by atoms with E-state index in [1.807, 2.05) is 50.2 Å². The summed E-state index contributed by atoms with van der Waals surface area (Å²) >= 11 is 1.80. The molecule has 4 N–H and O–H groups in total. The molecule has 1 unspecified atom stereocenters. The van der Waals surface area contributed by atoms with Crippen molar-refractivity contribution in [2.75, 3.05) is 76.1 Å². The second-order valence-corrected chi connectivity index (χ2v) is 20.1. The standard InChI is InChI=1S/C54H70F3N5O9S/c1-5-53(4,21-27-71-52(2,3)20-17-48(63)59-23-28-69-30-32-70-31-29-68-26-19-49(64)65)72-38-40-12-9-13-41(33-40)51(67)61-46-16-15-44(62-24-7-6-8-25-62)36-45(46)47-35-42(18-22-58-47)50(66)60-37-39-11-10-14-43(34-39)54(55,56)57/h9-16,18,22,33-36H,5-8,17,19-21,23-32,37-38H2,1-4H3,(H,59,63)(H,60,66)(H,61,67)(H,64,65). The van der Waals surface area contributed by atoms with Crippen LogP contribution in [0.5, 0.6) is 0 Å². The maximum atomic E-state index is 14.0. The number of carboxylic acids is 1. The number of anilines is 2. The summed E-state index contributed by atoms with van der Waals surface area (Å²) in [5.41, 5.74) is 3.30. The Bertz CT molecular complexity index is 2380. The van der Waals surface area contributed by atoms with E-state index in [-0.39, 0.29) is 41.7 Å². The van der Waals surface area contributed by atoms with Crippen molar-refractivity contribution < 1.29 is 56.4 Å². The Labute approximate surface area is 425 Å². The number of hydrogen-bond acceptors (Lipinski definition) is 11. The van der Waals surface area contributed by atoms with E-state index >= 15 is 0 Å². The van der Waals surface area contributed by atoms with Gasteiger partial charge in [-0.15, -0.1) is 0 Å². The molecule has 3 aromatic carbocycles. The zero-order chi connectivity index (χ0) is 52.0. The normalized spacial score (nSPS) is 13.8. The second-order valence-electron chi connectivity index (χ2n) is 18.5.